The molecule has 0 atom stereocenters. The van der Waals surface area contributed by atoms with E-state index in [0.717, 1.165) is 22.7 Å². The van der Waals surface area contributed by atoms with Crippen molar-refractivity contribution in [2.75, 3.05) is 9.80 Å². The van der Waals surface area contributed by atoms with E-state index in [0.29, 0.717) is 0 Å². The average Bonchev–Trinajstić information content (AvgIpc) is 2.60. The van der Waals surface area contributed by atoms with Crippen molar-refractivity contribution >= 4 is 122 Å². The van der Waals surface area contributed by atoms with Gasteiger partial charge in [-0.05, 0) is 156 Å². The van der Waals surface area contributed by atoms with Gasteiger partial charge in [-0.15, -0.1) is 0 Å². The molecule has 2 aromatic heterocycles. The number of hydrogen-bond acceptors (Lipinski definition) is 2. The van der Waals surface area contributed by atoms with Gasteiger partial charge in [-0.2, -0.15) is 0 Å². The smallest absolute Gasteiger partial charge is 0.252 e. The Balaban J connectivity index is 0.957. The van der Waals surface area contributed by atoms with Crippen LogP contribution in [-0.4, -0.2) is 15.8 Å². The Bertz CT molecular complexity index is 4820. The van der Waals surface area contributed by atoms with Gasteiger partial charge in [0.05, 0.1) is 22.1 Å². The first-order chi connectivity index (χ1) is 40.9. The van der Waals surface area contributed by atoms with Gasteiger partial charge in [0.2, 0.25) is 0 Å². The van der Waals surface area contributed by atoms with Crippen molar-refractivity contribution < 1.29 is 0 Å². The topological polar surface area (TPSA) is 16.3 Å². The van der Waals surface area contributed by atoms with Crippen LogP contribution in [0.5, 0.6) is 0 Å². The Morgan fingerprint density at radius 1 is 0.289 bits per heavy atom. The van der Waals surface area contributed by atoms with E-state index in [1.165, 1.54) is 132 Å². The maximum atomic E-state index is 2.57. The SMILES string of the molecule is CC(C)(C)c1cc2c3c(c1)N(c1ccccc1)c1cc(-n4c5ccccc5c5c6ccccc6c(-c6ccccc6)cc54)ccc1B3c1ccc(-n3c4ccccc4c4c5ccccc5c(-c5ccccc5)cc43)cc1N2c1ccccc1. The molecule has 4 nitrogen and oxygen atoms in total. The number of nitrogens with zero attached hydrogens (tertiary/aromatic N) is 4. The van der Waals surface area contributed by atoms with Gasteiger partial charge < -0.3 is 18.9 Å². The van der Waals surface area contributed by atoms with Crippen LogP contribution in [0.3, 0.4) is 0 Å². The molecule has 0 amide bonds. The summed E-state index contributed by atoms with van der Waals surface area (Å²) in [5, 5.41) is 10.0. The highest BCUT2D eigenvalue weighted by atomic mass is 15.2. The predicted octanol–water partition coefficient (Wildman–Crippen LogP) is 18.9. The van der Waals surface area contributed by atoms with Gasteiger partial charge in [0, 0.05) is 67.0 Å². The predicted molar refractivity (Wildman–Crippen MR) is 354 cm³/mol. The third kappa shape index (κ3) is 7.07. The van der Waals surface area contributed by atoms with Crippen LogP contribution in [0.4, 0.5) is 34.1 Å². The second-order valence-corrected chi connectivity index (χ2v) is 23.6. The van der Waals surface area contributed by atoms with E-state index in [2.05, 4.69) is 319 Å². The summed E-state index contributed by atoms with van der Waals surface area (Å²) in [5.74, 6) is 0. The van der Waals surface area contributed by atoms with Gasteiger partial charge >= 0.3 is 0 Å². The van der Waals surface area contributed by atoms with Crippen molar-refractivity contribution in [3.8, 4) is 33.6 Å². The minimum Gasteiger partial charge on any atom is -0.311 e. The standard InChI is InChI=1S/C78H55BN4/c1-78(2,3)52-44-73-77-74(45-52)81(54-30-14-7-15-31-54)70-47-56(83-68-39-23-21-37-62(68)76-60-35-19-17-33-58(60)64(49-72(76)83)51-26-10-5-11-27-51)41-43-66(70)79(77)65-42-40-55(46-69(65)80(73)53-28-12-6-13-29-53)82-67-38-22-20-36-61(67)75-59-34-18-16-32-57(59)63(48-71(75)82)50-24-8-4-9-25-50/h4-49H,1-3H3. The fourth-order valence-electron chi connectivity index (χ4n) is 14.3. The molecule has 5 heteroatoms. The zero-order valence-corrected chi connectivity index (χ0v) is 46.4. The monoisotopic (exact) mass is 1060 g/mol. The molecule has 0 fully saturated rings. The van der Waals surface area contributed by atoms with E-state index in [-0.39, 0.29) is 12.1 Å². The first-order valence-corrected chi connectivity index (χ1v) is 29.0. The molecular weight excluding hydrogens is 1000 g/mol. The molecular formula is C78H55BN4. The highest BCUT2D eigenvalue weighted by molar-refractivity contribution is 7.00. The maximum absolute atomic E-state index is 2.57. The summed E-state index contributed by atoms with van der Waals surface area (Å²) >= 11 is 0. The van der Waals surface area contributed by atoms with Crippen LogP contribution in [0, 0.1) is 0 Å². The lowest BCUT2D eigenvalue weighted by molar-refractivity contribution is 0.590. The molecule has 0 bridgehead atoms. The molecule has 0 radical (unpaired) electrons. The van der Waals surface area contributed by atoms with E-state index in [1.54, 1.807) is 0 Å². The quantitative estimate of drug-likeness (QED) is 0.154. The number of hydrogen-bond donors (Lipinski definition) is 0. The summed E-state index contributed by atoms with van der Waals surface area (Å²) in [6.07, 6.45) is 0. The number of para-hydroxylation sites is 4. The third-order valence-corrected chi connectivity index (χ3v) is 18.0. The van der Waals surface area contributed by atoms with Crippen LogP contribution in [0.25, 0.3) is 98.8 Å². The van der Waals surface area contributed by atoms with E-state index in [9.17, 15) is 0 Å². The lowest BCUT2D eigenvalue weighted by atomic mass is 9.33. The van der Waals surface area contributed by atoms with Gasteiger partial charge in [0.1, 0.15) is 0 Å². The van der Waals surface area contributed by atoms with Crippen LogP contribution in [0.1, 0.15) is 26.3 Å². The molecule has 0 N–H and O–H groups in total. The van der Waals surface area contributed by atoms with Crippen molar-refractivity contribution in [2.24, 2.45) is 0 Å². The highest BCUT2D eigenvalue weighted by Gasteiger charge is 2.44. The molecule has 390 valence electrons. The third-order valence-electron chi connectivity index (χ3n) is 18.0. The first-order valence-electron chi connectivity index (χ1n) is 29.0. The Kier molecular flexibility index (Phi) is 10.3. The van der Waals surface area contributed by atoms with Gasteiger partial charge in [-0.3, -0.25) is 0 Å². The van der Waals surface area contributed by atoms with E-state index in [4.69, 9.17) is 0 Å². The van der Waals surface area contributed by atoms with Crippen molar-refractivity contribution in [1.82, 2.24) is 9.13 Å². The minimum atomic E-state index is -0.180. The Hall–Kier alpha value is -10.4. The summed E-state index contributed by atoms with van der Waals surface area (Å²) in [6, 6.07) is 104. The van der Waals surface area contributed by atoms with Gasteiger partial charge in [-0.1, -0.05) is 215 Å². The number of aromatic nitrogens is 2. The van der Waals surface area contributed by atoms with Crippen LogP contribution in [-0.2, 0) is 5.41 Å². The van der Waals surface area contributed by atoms with Crippen LogP contribution in [0.2, 0.25) is 0 Å². The molecule has 2 aliphatic rings. The molecule has 0 saturated heterocycles. The van der Waals surface area contributed by atoms with E-state index in [1.807, 2.05) is 0 Å². The van der Waals surface area contributed by atoms with Crippen LogP contribution in [0.15, 0.2) is 279 Å². The maximum Gasteiger partial charge on any atom is 0.252 e. The van der Waals surface area contributed by atoms with Crippen LogP contribution >= 0.6 is 0 Å². The van der Waals surface area contributed by atoms with E-state index < -0.39 is 0 Å². The fraction of sp³-hybridized carbons (Fsp3) is 0.0513. The van der Waals surface area contributed by atoms with Crippen molar-refractivity contribution in [3.63, 3.8) is 0 Å². The Labute approximate surface area is 483 Å². The number of fused-ring (bicyclic) bond motifs is 14. The zero-order chi connectivity index (χ0) is 55.1. The summed E-state index contributed by atoms with van der Waals surface area (Å²) in [6.45, 7) is 6.97. The summed E-state index contributed by atoms with van der Waals surface area (Å²) in [5.41, 5.74) is 23.8. The first kappa shape index (κ1) is 47.5. The molecule has 15 aromatic rings. The number of rotatable bonds is 6. The van der Waals surface area contributed by atoms with Gasteiger partial charge in [0.15, 0.2) is 0 Å². The van der Waals surface area contributed by atoms with Crippen LogP contribution < -0.4 is 26.2 Å². The Morgan fingerprint density at radius 3 is 1.06 bits per heavy atom. The molecule has 0 unspecified atom stereocenters. The molecule has 0 aliphatic carbocycles. The molecule has 83 heavy (non-hydrogen) atoms. The summed E-state index contributed by atoms with van der Waals surface area (Å²) < 4.78 is 5.05. The summed E-state index contributed by atoms with van der Waals surface area (Å²) in [7, 11) is 0. The van der Waals surface area contributed by atoms with Crippen molar-refractivity contribution in [2.45, 2.75) is 26.2 Å². The molecule has 17 rings (SSSR count). The molecule has 0 saturated carbocycles. The second kappa shape index (κ2) is 18.1. The van der Waals surface area contributed by atoms with Crippen molar-refractivity contribution in [1.29, 1.82) is 0 Å². The number of benzene rings is 13. The lowest BCUT2D eigenvalue weighted by Gasteiger charge is -2.45. The fourth-order valence-corrected chi connectivity index (χ4v) is 14.3. The lowest BCUT2D eigenvalue weighted by Crippen LogP contribution is -2.61. The largest absolute Gasteiger partial charge is 0.311 e. The Morgan fingerprint density at radius 2 is 0.651 bits per heavy atom. The molecule has 4 heterocycles. The minimum absolute atomic E-state index is 0.0967. The molecule has 0 spiro atoms. The van der Waals surface area contributed by atoms with Gasteiger partial charge in [-0.25, -0.2) is 0 Å². The normalized spacial score (nSPS) is 12.9. The van der Waals surface area contributed by atoms with E-state index >= 15 is 0 Å². The summed E-state index contributed by atoms with van der Waals surface area (Å²) in [4.78, 5) is 5.13. The molecule has 13 aromatic carbocycles. The highest BCUT2D eigenvalue weighted by Crippen LogP contribution is 2.49. The number of anilines is 6. The zero-order valence-electron chi connectivity index (χ0n) is 46.4. The van der Waals surface area contributed by atoms with Gasteiger partial charge in [0.25, 0.3) is 6.71 Å². The second-order valence-electron chi connectivity index (χ2n) is 23.6. The average molecular weight is 1060 g/mol. The molecule has 2 aliphatic heterocycles. The van der Waals surface area contributed by atoms with Crippen molar-refractivity contribution in [3.05, 3.63) is 285 Å².